The van der Waals surface area contributed by atoms with Gasteiger partial charge in [-0.2, -0.15) is 0 Å². The summed E-state index contributed by atoms with van der Waals surface area (Å²) in [4.78, 5) is 1.79. The molecule has 0 rings (SSSR count). The molecular weight excluding hydrogens is 140 g/mol. The van der Waals surface area contributed by atoms with Gasteiger partial charge in [0.25, 0.3) is 0 Å². The van der Waals surface area contributed by atoms with E-state index in [9.17, 15) is 4.32 Å². The van der Waals surface area contributed by atoms with Crippen molar-refractivity contribution in [2.45, 2.75) is 32.7 Å². The first-order valence-electron chi connectivity index (χ1n) is 4.00. The van der Waals surface area contributed by atoms with Crippen LogP contribution in [-0.2, 0) is 0 Å². The van der Waals surface area contributed by atoms with Crippen molar-refractivity contribution in [2.24, 2.45) is 0 Å². The first-order valence-corrected chi connectivity index (χ1v) is 4.00. The SMILES string of the molecule is C=CCC(C)(C)N(BF)CC. The largest absolute Gasteiger partial charge is 0.414 e. The summed E-state index contributed by atoms with van der Waals surface area (Å²) in [5.74, 6) is 0. The van der Waals surface area contributed by atoms with Gasteiger partial charge in [0.2, 0.25) is 0 Å². The highest BCUT2D eigenvalue weighted by atomic mass is 19.1. The topological polar surface area (TPSA) is 3.24 Å². The molecule has 0 radical (unpaired) electrons. The number of rotatable bonds is 5. The predicted octanol–water partition coefficient (Wildman–Crippen LogP) is 1.90. The molecule has 0 saturated heterocycles. The lowest BCUT2D eigenvalue weighted by molar-refractivity contribution is 0.231. The molecule has 11 heavy (non-hydrogen) atoms. The molecule has 0 spiro atoms. The lowest BCUT2D eigenvalue weighted by atomic mass is 9.93. The third kappa shape index (κ3) is 3.06. The van der Waals surface area contributed by atoms with E-state index in [1.54, 1.807) is 4.81 Å². The van der Waals surface area contributed by atoms with Gasteiger partial charge in [0.1, 0.15) is 0 Å². The second-order valence-electron chi connectivity index (χ2n) is 3.28. The molecule has 0 aromatic rings. The fraction of sp³-hybridized carbons (Fsp3) is 0.750. The van der Waals surface area contributed by atoms with E-state index in [1.807, 2.05) is 26.8 Å². The zero-order chi connectivity index (χ0) is 8.91. The van der Waals surface area contributed by atoms with Crippen LogP contribution in [0.4, 0.5) is 4.32 Å². The maximum atomic E-state index is 12.4. The van der Waals surface area contributed by atoms with Gasteiger partial charge in [-0.15, -0.1) is 6.58 Å². The number of halogens is 1. The van der Waals surface area contributed by atoms with Gasteiger partial charge in [-0.1, -0.05) is 13.0 Å². The average molecular weight is 157 g/mol. The predicted molar refractivity (Wildman–Crippen MR) is 49.5 cm³/mol. The van der Waals surface area contributed by atoms with Crippen molar-refractivity contribution in [2.75, 3.05) is 6.54 Å². The van der Waals surface area contributed by atoms with Crippen LogP contribution in [-0.4, -0.2) is 24.6 Å². The Morgan fingerprint density at radius 3 is 2.45 bits per heavy atom. The Morgan fingerprint density at radius 1 is 1.64 bits per heavy atom. The van der Waals surface area contributed by atoms with Crippen LogP contribution in [0.25, 0.3) is 0 Å². The summed E-state index contributed by atoms with van der Waals surface area (Å²) in [6, 6.07) is 0. The maximum Gasteiger partial charge on any atom is 0.414 e. The highest BCUT2D eigenvalue weighted by Gasteiger charge is 2.24. The van der Waals surface area contributed by atoms with Crippen molar-refractivity contribution in [3.05, 3.63) is 12.7 Å². The van der Waals surface area contributed by atoms with E-state index < -0.39 is 0 Å². The zero-order valence-electron chi connectivity index (χ0n) is 7.73. The first-order chi connectivity index (χ1) is 5.08. The molecule has 3 heteroatoms. The molecule has 0 aliphatic heterocycles. The number of hydrogen-bond donors (Lipinski definition) is 0. The van der Waals surface area contributed by atoms with Crippen LogP contribution in [0.15, 0.2) is 12.7 Å². The van der Waals surface area contributed by atoms with Gasteiger partial charge in [-0.05, 0) is 26.8 Å². The van der Waals surface area contributed by atoms with Crippen molar-refractivity contribution >= 4 is 7.69 Å². The normalized spacial score (nSPS) is 11.7. The summed E-state index contributed by atoms with van der Waals surface area (Å²) in [5, 5.41) is 0. The lowest BCUT2D eigenvalue weighted by Gasteiger charge is -2.34. The molecule has 0 saturated carbocycles. The fourth-order valence-corrected chi connectivity index (χ4v) is 1.16. The molecule has 0 N–H and O–H groups in total. The van der Waals surface area contributed by atoms with E-state index in [0.717, 1.165) is 13.0 Å². The van der Waals surface area contributed by atoms with Crippen molar-refractivity contribution < 1.29 is 4.32 Å². The summed E-state index contributed by atoms with van der Waals surface area (Å²) in [6.07, 6.45) is 2.66. The summed E-state index contributed by atoms with van der Waals surface area (Å²) in [5.41, 5.74) is -0.0920. The monoisotopic (exact) mass is 157 g/mol. The zero-order valence-corrected chi connectivity index (χ0v) is 7.73. The Kier molecular flexibility index (Phi) is 4.42. The van der Waals surface area contributed by atoms with Crippen LogP contribution >= 0.6 is 0 Å². The molecule has 0 aliphatic rings. The minimum absolute atomic E-state index is 0.0920. The quantitative estimate of drug-likeness (QED) is 0.435. The molecule has 0 fully saturated rings. The fourth-order valence-electron chi connectivity index (χ4n) is 1.16. The highest BCUT2D eigenvalue weighted by Crippen LogP contribution is 2.17. The second-order valence-corrected chi connectivity index (χ2v) is 3.28. The molecule has 0 aromatic heterocycles. The summed E-state index contributed by atoms with van der Waals surface area (Å²) in [7, 11) is -0.378. The molecule has 0 heterocycles. The maximum absolute atomic E-state index is 12.4. The Hall–Kier alpha value is -0.305. The Balaban J connectivity index is 4.10. The van der Waals surface area contributed by atoms with Crippen LogP contribution in [0.2, 0.25) is 0 Å². The van der Waals surface area contributed by atoms with E-state index in [1.165, 1.54) is 0 Å². The Morgan fingerprint density at radius 2 is 2.18 bits per heavy atom. The van der Waals surface area contributed by atoms with E-state index in [0.29, 0.717) is 0 Å². The number of nitrogens with zero attached hydrogens (tertiary/aromatic N) is 1. The minimum Gasteiger partial charge on any atom is -0.317 e. The second kappa shape index (κ2) is 4.55. The van der Waals surface area contributed by atoms with Gasteiger partial charge in [0, 0.05) is 5.54 Å². The van der Waals surface area contributed by atoms with Gasteiger partial charge in [0.05, 0.1) is 0 Å². The van der Waals surface area contributed by atoms with Gasteiger partial charge >= 0.3 is 7.69 Å². The first kappa shape index (κ1) is 10.7. The van der Waals surface area contributed by atoms with Crippen LogP contribution in [0.5, 0.6) is 0 Å². The molecule has 0 aliphatic carbocycles. The third-order valence-electron chi connectivity index (χ3n) is 2.03. The Bertz CT molecular complexity index is 121. The van der Waals surface area contributed by atoms with Crippen LogP contribution in [0, 0.1) is 0 Å². The summed E-state index contributed by atoms with van der Waals surface area (Å²) < 4.78 is 12.4. The van der Waals surface area contributed by atoms with E-state index in [-0.39, 0.29) is 13.2 Å². The van der Waals surface area contributed by atoms with Crippen molar-refractivity contribution in [3.63, 3.8) is 0 Å². The molecule has 0 bridgehead atoms. The van der Waals surface area contributed by atoms with Gasteiger partial charge in [-0.25, -0.2) is 0 Å². The average Bonchev–Trinajstić information content (AvgIpc) is 1.89. The van der Waals surface area contributed by atoms with Crippen molar-refractivity contribution in [1.29, 1.82) is 0 Å². The molecule has 0 amide bonds. The molecule has 1 nitrogen and oxygen atoms in total. The van der Waals surface area contributed by atoms with Crippen LogP contribution in [0.1, 0.15) is 27.2 Å². The van der Waals surface area contributed by atoms with Crippen molar-refractivity contribution in [3.8, 4) is 0 Å². The number of hydrogen-bond acceptors (Lipinski definition) is 1. The van der Waals surface area contributed by atoms with Crippen LogP contribution < -0.4 is 0 Å². The smallest absolute Gasteiger partial charge is 0.317 e. The van der Waals surface area contributed by atoms with E-state index in [2.05, 4.69) is 6.58 Å². The minimum atomic E-state index is -0.378. The highest BCUT2D eigenvalue weighted by molar-refractivity contribution is 6.22. The standard InChI is InChI=1S/C8H17BFN/c1-5-7-8(3,4)11(6-2)9-10/h5,9H,1,6-7H2,2-4H3. The Labute approximate surface area is 69.6 Å². The molecule has 64 valence electrons. The van der Waals surface area contributed by atoms with E-state index >= 15 is 0 Å². The van der Waals surface area contributed by atoms with E-state index in [4.69, 9.17) is 0 Å². The third-order valence-corrected chi connectivity index (χ3v) is 2.03. The molecule has 0 unspecified atom stereocenters. The molecule has 0 atom stereocenters. The van der Waals surface area contributed by atoms with Gasteiger partial charge < -0.3 is 9.13 Å². The van der Waals surface area contributed by atoms with Crippen molar-refractivity contribution in [1.82, 2.24) is 4.81 Å². The summed E-state index contributed by atoms with van der Waals surface area (Å²) >= 11 is 0. The van der Waals surface area contributed by atoms with Gasteiger partial charge in [-0.3, -0.25) is 0 Å². The van der Waals surface area contributed by atoms with Crippen LogP contribution in [0.3, 0.4) is 0 Å². The molecular formula is C8H17BFN. The van der Waals surface area contributed by atoms with Gasteiger partial charge in [0.15, 0.2) is 0 Å². The lowest BCUT2D eigenvalue weighted by Crippen LogP contribution is -2.44. The molecule has 0 aromatic carbocycles. The summed E-state index contributed by atoms with van der Waals surface area (Å²) in [6.45, 7) is 10.4.